The first-order chi connectivity index (χ1) is 7.74. The van der Waals surface area contributed by atoms with E-state index in [9.17, 15) is 0 Å². The van der Waals surface area contributed by atoms with Crippen LogP contribution in [0.3, 0.4) is 0 Å². The summed E-state index contributed by atoms with van der Waals surface area (Å²) < 4.78 is 6.45. The molecule has 0 saturated carbocycles. The van der Waals surface area contributed by atoms with Gasteiger partial charge in [0.05, 0.1) is 15.1 Å². The number of hydrogen-bond acceptors (Lipinski definition) is 4. The van der Waals surface area contributed by atoms with E-state index < -0.39 is 0 Å². The lowest BCUT2D eigenvalue weighted by atomic mass is 10.3. The van der Waals surface area contributed by atoms with Crippen LogP contribution in [0.25, 0.3) is 20.9 Å². The van der Waals surface area contributed by atoms with Gasteiger partial charge in [0.15, 0.2) is 0 Å². The number of aromatic nitrogens is 2. The van der Waals surface area contributed by atoms with Gasteiger partial charge in [-0.3, -0.25) is 0 Å². The number of rotatable bonds is 1. The topological polar surface area (TPSA) is 38.9 Å². The second-order valence-corrected chi connectivity index (χ2v) is 4.81. The van der Waals surface area contributed by atoms with Crippen molar-refractivity contribution in [3.8, 4) is 10.6 Å². The van der Waals surface area contributed by atoms with Crippen LogP contribution < -0.4 is 0 Å². The largest absolute Gasteiger partial charge is 0.461 e. The van der Waals surface area contributed by atoms with Crippen LogP contribution in [-0.2, 0) is 0 Å². The van der Waals surface area contributed by atoms with Crippen LogP contribution in [0.4, 0.5) is 0 Å². The van der Waals surface area contributed by atoms with E-state index in [1.54, 1.807) is 0 Å². The lowest BCUT2D eigenvalue weighted by Crippen LogP contribution is -1.76. The van der Waals surface area contributed by atoms with Crippen LogP contribution in [0.1, 0.15) is 5.76 Å². The third-order valence-corrected chi connectivity index (χ3v) is 3.80. The van der Waals surface area contributed by atoms with Gasteiger partial charge in [0, 0.05) is 0 Å². The molecule has 0 fully saturated rings. The van der Waals surface area contributed by atoms with E-state index in [4.69, 9.17) is 16.0 Å². The summed E-state index contributed by atoms with van der Waals surface area (Å²) in [5, 5.41) is 0.490. The van der Waals surface area contributed by atoms with Gasteiger partial charge in [0.25, 0.3) is 0 Å². The second-order valence-electron chi connectivity index (χ2n) is 3.40. The van der Waals surface area contributed by atoms with Crippen molar-refractivity contribution >= 4 is 33.2 Å². The first-order valence-corrected chi connectivity index (χ1v) is 5.90. The number of nitrogens with zero attached hydrogens (tertiary/aromatic N) is 2. The quantitative estimate of drug-likeness (QED) is 0.615. The maximum atomic E-state index is 5.99. The molecule has 0 aliphatic carbocycles. The van der Waals surface area contributed by atoms with Crippen molar-refractivity contribution in [2.45, 2.75) is 6.92 Å². The van der Waals surface area contributed by atoms with Crippen molar-refractivity contribution in [1.82, 2.24) is 9.97 Å². The van der Waals surface area contributed by atoms with Crippen molar-refractivity contribution in [3.63, 3.8) is 0 Å². The predicted octanol–water partition coefficient (Wildman–Crippen LogP) is 3.91. The average molecular weight is 251 g/mol. The molecular formula is C11H7ClN2OS. The van der Waals surface area contributed by atoms with Crippen molar-refractivity contribution < 1.29 is 4.42 Å². The van der Waals surface area contributed by atoms with Crippen LogP contribution in [0, 0.1) is 6.92 Å². The molecule has 80 valence electrons. The Morgan fingerprint density at radius 3 is 2.88 bits per heavy atom. The minimum absolute atomic E-state index is 0.490. The molecule has 0 aromatic carbocycles. The number of fused-ring (bicyclic) bond motifs is 1. The van der Waals surface area contributed by atoms with E-state index in [0.717, 1.165) is 26.6 Å². The Kier molecular flexibility index (Phi) is 2.19. The Morgan fingerprint density at radius 2 is 2.19 bits per heavy atom. The maximum absolute atomic E-state index is 5.99. The molecule has 5 heteroatoms. The number of aryl methyl sites for hydroxylation is 1. The van der Waals surface area contributed by atoms with Gasteiger partial charge in [-0.05, 0) is 25.1 Å². The summed E-state index contributed by atoms with van der Waals surface area (Å²) in [6.07, 6.45) is 1.47. The van der Waals surface area contributed by atoms with Crippen molar-refractivity contribution in [1.29, 1.82) is 0 Å². The minimum atomic E-state index is 0.490. The van der Waals surface area contributed by atoms with Gasteiger partial charge in [0.1, 0.15) is 23.0 Å². The summed E-state index contributed by atoms with van der Waals surface area (Å²) in [6, 6.07) is 5.85. The fourth-order valence-electron chi connectivity index (χ4n) is 1.51. The molecular weight excluding hydrogens is 244 g/mol. The average Bonchev–Trinajstić information content (AvgIpc) is 2.84. The number of furan rings is 1. The smallest absolute Gasteiger partial charge is 0.150 e. The van der Waals surface area contributed by atoms with E-state index in [-0.39, 0.29) is 0 Å². The first-order valence-electron chi connectivity index (χ1n) is 4.71. The molecule has 3 nitrogen and oxygen atoms in total. The predicted molar refractivity (Wildman–Crippen MR) is 64.9 cm³/mol. The summed E-state index contributed by atoms with van der Waals surface area (Å²) in [5.74, 6) is 1.74. The minimum Gasteiger partial charge on any atom is -0.461 e. The molecule has 0 atom stereocenters. The van der Waals surface area contributed by atoms with E-state index in [1.165, 1.54) is 17.7 Å². The van der Waals surface area contributed by atoms with Crippen LogP contribution in [0.15, 0.2) is 28.9 Å². The van der Waals surface area contributed by atoms with E-state index in [2.05, 4.69) is 9.97 Å². The lowest BCUT2D eigenvalue weighted by Gasteiger charge is -1.88. The van der Waals surface area contributed by atoms with Crippen molar-refractivity contribution in [3.05, 3.63) is 35.4 Å². The Bertz CT molecular complexity index is 659. The van der Waals surface area contributed by atoms with Gasteiger partial charge in [-0.2, -0.15) is 0 Å². The van der Waals surface area contributed by atoms with Crippen LogP contribution in [0.5, 0.6) is 0 Å². The van der Waals surface area contributed by atoms with Gasteiger partial charge >= 0.3 is 0 Å². The molecule has 0 bridgehead atoms. The molecule has 0 aliphatic heterocycles. The van der Waals surface area contributed by atoms with Crippen LogP contribution >= 0.6 is 22.9 Å². The molecule has 0 N–H and O–H groups in total. The standard InChI is InChI=1S/C11H7ClN2OS/c1-6-2-3-8(15-6)9-4-7-10(16-9)11(12)14-5-13-7/h2-5H,1H3. The highest BCUT2D eigenvalue weighted by Crippen LogP contribution is 2.35. The normalized spacial score (nSPS) is 11.1. The summed E-state index contributed by atoms with van der Waals surface area (Å²) in [7, 11) is 0. The molecule has 0 spiro atoms. The third-order valence-electron chi connectivity index (χ3n) is 2.25. The first kappa shape index (κ1) is 9.81. The molecule has 3 heterocycles. The van der Waals surface area contributed by atoms with Gasteiger partial charge in [-0.25, -0.2) is 9.97 Å². The fraction of sp³-hybridized carbons (Fsp3) is 0.0909. The highest BCUT2D eigenvalue weighted by Gasteiger charge is 2.10. The Morgan fingerprint density at radius 1 is 1.31 bits per heavy atom. The van der Waals surface area contributed by atoms with Crippen LogP contribution in [-0.4, -0.2) is 9.97 Å². The molecule has 3 aromatic heterocycles. The monoisotopic (exact) mass is 250 g/mol. The highest BCUT2D eigenvalue weighted by molar-refractivity contribution is 7.22. The third kappa shape index (κ3) is 1.50. The van der Waals surface area contributed by atoms with Gasteiger partial charge in [-0.1, -0.05) is 11.6 Å². The fourth-order valence-corrected chi connectivity index (χ4v) is 2.72. The van der Waals surface area contributed by atoms with E-state index in [1.807, 2.05) is 25.1 Å². The number of thiophene rings is 1. The molecule has 0 saturated heterocycles. The van der Waals surface area contributed by atoms with Crippen molar-refractivity contribution in [2.75, 3.05) is 0 Å². The van der Waals surface area contributed by atoms with E-state index >= 15 is 0 Å². The molecule has 3 rings (SSSR count). The second kappa shape index (κ2) is 3.57. The lowest BCUT2D eigenvalue weighted by molar-refractivity contribution is 0.549. The highest BCUT2D eigenvalue weighted by atomic mass is 35.5. The molecule has 0 radical (unpaired) electrons. The maximum Gasteiger partial charge on any atom is 0.150 e. The summed E-state index contributed by atoms with van der Waals surface area (Å²) in [5.41, 5.74) is 0.856. The zero-order chi connectivity index (χ0) is 11.1. The molecule has 16 heavy (non-hydrogen) atoms. The summed E-state index contributed by atoms with van der Waals surface area (Å²) >= 11 is 7.53. The Labute approximate surface area is 101 Å². The molecule has 0 unspecified atom stereocenters. The zero-order valence-corrected chi connectivity index (χ0v) is 9.97. The number of halogens is 1. The van der Waals surface area contributed by atoms with Crippen LogP contribution in [0.2, 0.25) is 5.15 Å². The van der Waals surface area contributed by atoms with E-state index in [0.29, 0.717) is 5.15 Å². The van der Waals surface area contributed by atoms with Gasteiger partial charge < -0.3 is 4.42 Å². The Hall–Kier alpha value is -1.39. The summed E-state index contributed by atoms with van der Waals surface area (Å²) in [6.45, 7) is 1.92. The van der Waals surface area contributed by atoms with Gasteiger partial charge in [-0.15, -0.1) is 11.3 Å². The SMILES string of the molecule is Cc1ccc(-c2cc3ncnc(Cl)c3s2)o1. The zero-order valence-electron chi connectivity index (χ0n) is 8.40. The van der Waals surface area contributed by atoms with Crippen molar-refractivity contribution in [2.24, 2.45) is 0 Å². The Balaban J connectivity index is 2.22. The van der Waals surface area contributed by atoms with Gasteiger partial charge in [0.2, 0.25) is 0 Å². The number of hydrogen-bond donors (Lipinski definition) is 0. The molecule has 0 amide bonds. The molecule has 0 aliphatic rings. The molecule has 3 aromatic rings. The summed E-state index contributed by atoms with van der Waals surface area (Å²) in [4.78, 5) is 9.14.